The fourth-order valence-electron chi connectivity index (χ4n) is 1.30. The Morgan fingerprint density at radius 2 is 2.33 bits per heavy atom. The smallest absolute Gasteiger partial charge is 0.341 e. The number of carboxylic acid groups (broad SMARTS) is 1. The molecule has 1 unspecified atom stereocenters. The second-order valence-corrected chi connectivity index (χ2v) is 5.37. The van der Waals surface area contributed by atoms with E-state index >= 15 is 0 Å². The van der Waals surface area contributed by atoms with Gasteiger partial charge in [-0.2, -0.15) is 10.4 Å². The molecule has 0 bridgehead atoms. The van der Waals surface area contributed by atoms with Gasteiger partial charge in [0.05, 0.1) is 12.3 Å². The van der Waals surface area contributed by atoms with Crippen molar-refractivity contribution in [3.05, 3.63) is 11.8 Å². The highest BCUT2D eigenvalue weighted by molar-refractivity contribution is 7.93. The standard InChI is InChI=1S/C9H12N4O4S/c1-3-6(4-10)18(16,17)12-8-7(9(14)15)5-11-13(8)2/h5-6,12H,3H2,1-2H3,(H,14,15). The number of aryl methyl sites for hydroxylation is 1. The number of carboxylic acids is 1. The molecule has 0 radical (unpaired) electrons. The quantitative estimate of drug-likeness (QED) is 0.786. The average Bonchev–Trinajstić information content (AvgIpc) is 2.61. The minimum absolute atomic E-state index is 0.103. The van der Waals surface area contributed by atoms with Crippen LogP contribution in [0.15, 0.2) is 6.20 Å². The maximum Gasteiger partial charge on any atom is 0.341 e. The molecule has 18 heavy (non-hydrogen) atoms. The van der Waals surface area contributed by atoms with Gasteiger partial charge in [0.2, 0.25) is 10.0 Å². The van der Waals surface area contributed by atoms with Crippen LogP contribution in [0.1, 0.15) is 23.7 Å². The van der Waals surface area contributed by atoms with Crippen molar-refractivity contribution in [1.29, 1.82) is 5.26 Å². The van der Waals surface area contributed by atoms with E-state index in [2.05, 4.69) is 9.82 Å². The first kappa shape index (κ1) is 14.0. The number of aromatic carboxylic acids is 1. The summed E-state index contributed by atoms with van der Waals surface area (Å²) in [6.45, 7) is 1.55. The van der Waals surface area contributed by atoms with Crippen molar-refractivity contribution in [3.8, 4) is 6.07 Å². The van der Waals surface area contributed by atoms with Crippen LogP contribution in [-0.4, -0.2) is 34.5 Å². The highest BCUT2D eigenvalue weighted by atomic mass is 32.2. The number of rotatable bonds is 5. The van der Waals surface area contributed by atoms with Gasteiger partial charge in [-0.15, -0.1) is 0 Å². The Balaban J connectivity index is 3.16. The maximum atomic E-state index is 11.8. The molecule has 0 spiro atoms. The fourth-order valence-corrected chi connectivity index (χ4v) is 2.53. The molecule has 0 amide bonds. The molecule has 0 aromatic carbocycles. The Bertz CT molecular complexity index is 599. The predicted molar refractivity (Wildman–Crippen MR) is 62.4 cm³/mol. The lowest BCUT2D eigenvalue weighted by molar-refractivity contribution is 0.0698. The number of hydrogen-bond donors (Lipinski definition) is 2. The number of hydrogen-bond acceptors (Lipinski definition) is 5. The van der Waals surface area contributed by atoms with Gasteiger partial charge >= 0.3 is 5.97 Å². The van der Waals surface area contributed by atoms with Crippen molar-refractivity contribution in [2.75, 3.05) is 4.72 Å². The third-order valence-electron chi connectivity index (χ3n) is 2.30. The molecule has 1 rings (SSSR count). The summed E-state index contributed by atoms with van der Waals surface area (Å²) in [4.78, 5) is 10.9. The van der Waals surface area contributed by atoms with Crippen molar-refractivity contribution in [3.63, 3.8) is 0 Å². The third-order valence-corrected chi connectivity index (χ3v) is 3.96. The topological polar surface area (TPSA) is 125 Å². The highest BCUT2D eigenvalue weighted by Gasteiger charge is 2.27. The Labute approximate surface area is 104 Å². The molecule has 1 heterocycles. The summed E-state index contributed by atoms with van der Waals surface area (Å²) < 4.78 is 26.8. The van der Waals surface area contributed by atoms with E-state index in [1.54, 1.807) is 13.0 Å². The number of nitrogens with one attached hydrogen (secondary N) is 1. The third kappa shape index (κ3) is 2.60. The molecular formula is C9H12N4O4S. The minimum atomic E-state index is -3.96. The number of anilines is 1. The summed E-state index contributed by atoms with van der Waals surface area (Å²) in [7, 11) is -2.56. The maximum absolute atomic E-state index is 11.8. The summed E-state index contributed by atoms with van der Waals surface area (Å²) in [5.74, 6) is -1.47. The van der Waals surface area contributed by atoms with E-state index in [4.69, 9.17) is 10.4 Å². The summed E-state index contributed by atoms with van der Waals surface area (Å²) >= 11 is 0. The normalized spacial score (nSPS) is 12.7. The Morgan fingerprint density at radius 1 is 1.72 bits per heavy atom. The number of carbonyl (C=O) groups is 1. The van der Waals surface area contributed by atoms with Crippen LogP contribution in [0.3, 0.4) is 0 Å². The Hall–Kier alpha value is -2.08. The molecule has 1 atom stereocenters. The highest BCUT2D eigenvalue weighted by Crippen LogP contribution is 2.18. The summed E-state index contributed by atoms with van der Waals surface area (Å²) in [6, 6.07) is 1.65. The van der Waals surface area contributed by atoms with Crippen LogP contribution in [-0.2, 0) is 17.1 Å². The molecule has 0 aliphatic rings. The van der Waals surface area contributed by atoms with Crippen molar-refractivity contribution >= 4 is 21.8 Å². The van der Waals surface area contributed by atoms with Crippen LogP contribution in [0.4, 0.5) is 5.82 Å². The van der Waals surface area contributed by atoms with Crippen LogP contribution < -0.4 is 4.72 Å². The average molecular weight is 272 g/mol. The number of nitriles is 1. The summed E-state index contributed by atoms with van der Waals surface area (Å²) in [5, 5.41) is 20.0. The van der Waals surface area contributed by atoms with Gasteiger partial charge in [-0.05, 0) is 6.42 Å². The lowest BCUT2D eigenvalue weighted by Gasteiger charge is -2.11. The zero-order valence-electron chi connectivity index (χ0n) is 9.78. The molecule has 98 valence electrons. The van der Waals surface area contributed by atoms with E-state index in [-0.39, 0.29) is 17.8 Å². The number of aromatic nitrogens is 2. The van der Waals surface area contributed by atoms with Crippen molar-refractivity contribution in [1.82, 2.24) is 9.78 Å². The van der Waals surface area contributed by atoms with Gasteiger partial charge in [-0.3, -0.25) is 9.40 Å². The van der Waals surface area contributed by atoms with Gasteiger partial charge in [0.25, 0.3) is 0 Å². The SMILES string of the molecule is CCC(C#N)S(=O)(=O)Nc1c(C(=O)O)cnn1C. The van der Waals surface area contributed by atoms with Gasteiger partial charge in [-0.25, -0.2) is 13.2 Å². The molecule has 9 heteroatoms. The Kier molecular flexibility index (Phi) is 3.93. The monoisotopic (exact) mass is 272 g/mol. The number of sulfonamides is 1. The molecule has 1 aromatic heterocycles. The van der Waals surface area contributed by atoms with Crippen LogP contribution in [0, 0.1) is 11.3 Å². The van der Waals surface area contributed by atoms with E-state index in [9.17, 15) is 13.2 Å². The molecule has 2 N–H and O–H groups in total. The van der Waals surface area contributed by atoms with Gasteiger partial charge in [0.1, 0.15) is 5.56 Å². The predicted octanol–water partition coefficient (Wildman–Crippen LogP) is 0.162. The van der Waals surface area contributed by atoms with Crippen LogP contribution in [0.2, 0.25) is 0 Å². The van der Waals surface area contributed by atoms with Crippen LogP contribution >= 0.6 is 0 Å². The zero-order valence-corrected chi connectivity index (χ0v) is 10.6. The van der Waals surface area contributed by atoms with Gasteiger partial charge in [-0.1, -0.05) is 6.92 Å². The Morgan fingerprint density at radius 3 is 2.78 bits per heavy atom. The molecule has 0 saturated carbocycles. The van der Waals surface area contributed by atoms with Crippen molar-refractivity contribution in [2.24, 2.45) is 7.05 Å². The molecular weight excluding hydrogens is 260 g/mol. The molecule has 0 fully saturated rings. The molecule has 0 aliphatic carbocycles. The molecule has 8 nitrogen and oxygen atoms in total. The largest absolute Gasteiger partial charge is 0.477 e. The van der Waals surface area contributed by atoms with E-state index in [0.29, 0.717) is 0 Å². The lowest BCUT2D eigenvalue weighted by atomic mass is 10.3. The second kappa shape index (κ2) is 5.05. The number of nitrogens with zero attached hydrogens (tertiary/aromatic N) is 3. The van der Waals surface area contributed by atoms with Crippen LogP contribution in [0.5, 0.6) is 0 Å². The zero-order chi connectivity index (χ0) is 13.9. The van der Waals surface area contributed by atoms with Crippen molar-refractivity contribution in [2.45, 2.75) is 18.6 Å². The van der Waals surface area contributed by atoms with Gasteiger partial charge < -0.3 is 5.11 Å². The first-order chi connectivity index (χ1) is 8.33. The van der Waals surface area contributed by atoms with Gasteiger partial charge in [0, 0.05) is 7.05 Å². The first-order valence-corrected chi connectivity index (χ1v) is 6.54. The molecule has 1 aromatic rings. The van der Waals surface area contributed by atoms with Gasteiger partial charge in [0.15, 0.2) is 11.1 Å². The lowest BCUT2D eigenvalue weighted by Crippen LogP contribution is -2.27. The van der Waals surface area contributed by atoms with E-state index in [1.807, 2.05) is 0 Å². The first-order valence-electron chi connectivity index (χ1n) is 5.00. The summed E-state index contributed by atoms with van der Waals surface area (Å²) in [5.41, 5.74) is -0.270. The van der Waals surface area contributed by atoms with E-state index in [0.717, 1.165) is 10.9 Å². The second-order valence-electron chi connectivity index (χ2n) is 3.51. The summed E-state index contributed by atoms with van der Waals surface area (Å²) in [6.07, 6.45) is 1.14. The molecule has 0 aliphatic heterocycles. The minimum Gasteiger partial charge on any atom is -0.477 e. The van der Waals surface area contributed by atoms with E-state index < -0.39 is 21.2 Å². The van der Waals surface area contributed by atoms with Crippen molar-refractivity contribution < 1.29 is 18.3 Å². The van der Waals surface area contributed by atoms with Crippen LogP contribution in [0.25, 0.3) is 0 Å². The van der Waals surface area contributed by atoms with E-state index in [1.165, 1.54) is 7.05 Å². The molecule has 0 saturated heterocycles. The fraction of sp³-hybridized carbons (Fsp3) is 0.444.